The highest BCUT2D eigenvalue weighted by molar-refractivity contribution is 7.19. The van der Waals surface area contributed by atoms with E-state index in [4.69, 9.17) is 4.98 Å². The van der Waals surface area contributed by atoms with Gasteiger partial charge in [-0.25, -0.2) is 9.97 Å². The molecule has 0 radical (unpaired) electrons. The highest BCUT2D eigenvalue weighted by atomic mass is 32.1. The number of hydrogen-bond acceptors (Lipinski definition) is 6. The second-order valence-corrected chi connectivity index (χ2v) is 10.1. The molecule has 5 aromatic rings. The lowest BCUT2D eigenvalue weighted by atomic mass is 10.0. The van der Waals surface area contributed by atoms with Crippen molar-refractivity contribution in [3.63, 3.8) is 0 Å². The summed E-state index contributed by atoms with van der Waals surface area (Å²) < 4.78 is 0. The summed E-state index contributed by atoms with van der Waals surface area (Å²) in [6.07, 6.45) is 0. The van der Waals surface area contributed by atoms with Crippen LogP contribution in [0.25, 0.3) is 21.6 Å². The number of rotatable bonds is 6. The molecule has 0 saturated carbocycles. The van der Waals surface area contributed by atoms with Crippen LogP contribution in [0.4, 0.5) is 21.6 Å². The molecule has 3 aromatic carbocycles. The summed E-state index contributed by atoms with van der Waals surface area (Å²) >= 11 is 3.36. The van der Waals surface area contributed by atoms with E-state index in [0.29, 0.717) is 0 Å². The van der Waals surface area contributed by atoms with Crippen LogP contribution in [0.3, 0.4) is 0 Å². The molecule has 0 spiro atoms. The van der Waals surface area contributed by atoms with Crippen LogP contribution in [-0.4, -0.2) is 9.97 Å². The average Bonchev–Trinajstić information content (AvgIpc) is 3.35. The van der Waals surface area contributed by atoms with Crippen molar-refractivity contribution in [1.82, 2.24) is 9.97 Å². The van der Waals surface area contributed by atoms with Crippen molar-refractivity contribution in [2.45, 2.75) is 20.8 Å². The van der Waals surface area contributed by atoms with Crippen molar-refractivity contribution < 1.29 is 0 Å². The highest BCUT2D eigenvalue weighted by Gasteiger charge is 2.10. The van der Waals surface area contributed by atoms with Gasteiger partial charge in [0, 0.05) is 16.3 Å². The van der Waals surface area contributed by atoms with E-state index in [-0.39, 0.29) is 0 Å². The van der Waals surface area contributed by atoms with Gasteiger partial charge < -0.3 is 10.6 Å². The molecule has 2 aromatic heterocycles. The number of anilines is 4. The normalized spacial score (nSPS) is 10.9. The zero-order valence-corrected chi connectivity index (χ0v) is 20.3. The molecule has 2 N–H and O–H groups in total. The van der Waals surface area contributed by atoms with Gasteiger partial charge in [0.1, 0.15) is 0 Å². The van der Waals surface area contributed by atoms with Gasteiger partial charge in [0.15, 0.2) is 10.3 Å². The van der Waals surface area contributed by atoms with E-state index < -0.39 is 0 Å². The van der Waals surface area contributed by atoms with E-state index in [1.54, 1.807) is 22.7 Å². The van der Waals surface area contributed by atoms with Gasteiger partial charge in [-0.15, -0.1) is 11.3 Å². The van der Waals surface area contributed by atoms with Crippen LogP contribution >= 0.6 is 22.7 Å². The SMILES string of the molecule is Cc1nc(Nc2cccc(-c3cccc(Nc4nc(C)c(-c5ccccc5)s4)c3)c2)sc1C. The fourth-order valence-electron chi connectivity index (χ4n) is 3.63. The Balaban J connectivity index is 1.37. The Kier molecular flexibility index (Phi) is 5.94. The Morgan fingerprint density at radius 2 is 1.12 bits per heavy atom. The second-order valence-electron chi connectivity index (χ2n) is 7.87. The first-order valence-electron chi connectivity index (χ1n) is 10.8. The number of aryl methyl sites for hydroxylation is 3. The molecule has 0 aliphatic carbocycles. The molecule has 164 valence electrons. The Morgan fingerprint density at radius 3 is 1.70 bits per heavy atom. The predicted octanol–water partition coefficient (Wildman–Crippen LogP) is 8.35. The Hall–Kier alpha value is -3.48. The van der Waals surface area contributed by atoms with Gasteiger partial charge in [0.05, 0.1) is 16.3 Å². The molecule has 4 nitrogen and oxygen atoms in total. The highest BCUT2D eigenvalue weighted by Crippen LogP contribution is 2.35. The van der Waals surface area contributed by atoms with Crippen molar-refractivity contribution >= 4 is 44.3 Å². The van der Waals surface area contributed by atoms with Gasteiger partial charge in [0.2, 0.25) is 0 Å². The lowest BCUT2D eigenvalue weighted by Gasteiger charge is -2.09. The third kappa shape index (κ3) is 4.82. The maximum atomic E-state index is 4.75. The first-order valence-corrected chi connectivity index (χ1v) is 12.4. The molecule has 33 heavy (non-hydrogen) atoms. The summed E-state index contributed by atoms with van der Waals surface area (Å²) in [5.74, 6) is 0. The lowest BCUT2D eigenvalue weighted by Crippen LogP contribution is -1.92. The zero-order valence-electron chi connectivity index (χ0n) is 18.7. The summed E-state index contributed by atoms with van der Waals surface area (Å²) in [6.45, 7) is 6.20. The van der Waals surface area contributed by atoms with Crippen LogP contribution in [0.1, 0.15) is 16.3 Å². The van der Waals surface area contributed by atoms with Crippen molar-refractivity contribution in [2.24, 2.45) is 0 Å². The van der Waals surface area contributed by atoms with E-state index in [2.05, 4.69) is 102 Å². The third-order valence-electron chi connectivity index (χ3n) is 5.42. The standard InChI is InChI=1S/C27H24N4S2/c1-17-19(3)32-26(28-17)30-23-13-7-11-21(15-23)22-12-8-14-24(16-22)31-27-29-18(2)25(33-27)20-9-5-4-6-10-20/h4-16H,1-3H3,(H,28,30)(H,29,31). The van der Waals surface area contributed by atoms with E-state index in [1.807, 2.05) is 13.0 Å². The van der Waals surface area contributed by atoms with Crippen molar-refractivity contribution in [3.8, 4) is 21.6 Å². The molecule has 0 aliphatic rings. The molecule has 2 heterocycles. The number of aromatic nitrogens is 2. The molecule has 0 bridgehead atoms. The van der Waals surface area contributed by atoms with Gasteiger partial charge in [0.25, 0.3) is 0 Å². The van der Waals surface area contributed by atoms with E-state index >= 15 is 0 Å². The monoisotopic (exact) mass is 468 g/mol. The fraction of sp³-hybridized carbons (Fsp3) is 0.111. The molecular weight excluding hydrogens is 444 g/mol. The van der Waals surface area contributed by atoms with Crippen LogP contribution in [0.2, 0.25) is 0 Å². The van der Waals surface area contributed by atoms with Crippen LogP contribution < -0.4 is 10.6 Å². The minimum absolute atomic E-state index is 0.897. The van der Waals surface area contributed by atoms with Crippen molar-refractivity contribution in [3.05, 3.63) is 95.1 Å². The van der Waals surface area contributed by atoms with Gasteiger partial charge in [-0.3, -0.25) is 0 Å². The summed E-state index contributed by atoms with van der Waals surface area (Å²) in [7, 11) is 0. The molecule has 6 heteroatoms. The Morgan fingerprint density at radius 1 is 0.576 bits per heavy atom. The lowest BCUT2D eigenvalue weighted by molar-refractivity contribution is 1.23. The fourth-order valence-corrected chi connectivity index (χ4v) is 5.46. The first kappa shape index (κ1) is 21.4. The number of hydrogen-bond donors (Lipinski definition) is 2. The maximum Gasteiger partial charge on any atom is 0.187 e. The predicted molar refractivity (Wildman–Crippen MR) is 142 cm³/mol. The second kappa shape index (κ2) is 9.17. The molecule has 0 unspecified atom stereocenters. The molecule has 0 fully saturated rings. The van der Waals surface area contributed by atoms with Gasteiger partial charge >= 0.3 is 0 Å². The third-order valence-corrected chi connectivity index (χ3v) is 7.53. The smallest absolute Gasteiger partial charge is 0.187 e. The largest absolute Gasteiger partial charge is 0.332 e. The Bertz CT molecular complexity index is 1380. The number of nitrogens with one attached hydrogen (secondary N) is 2. The number of benzene rings is 3. The topological polar surface area (TPSA) is 49.8 Å². The summed E-state index contributed by atoms with van der Waals surface area (Å²) in [5, 5.41) is 8.75. The maximum absolute atomic E-state index is 4.75. The van der Waals surface area contributed by atoms with Crippen LogP contribution in [0.5, 0.6) is 0 Å². The van der Waals surface area contributed by atoms with Gasteiger partial charge in [-0.05, 0) is 61.7 Å². The average molecular weight is 469 g/mol. The van der Waals surface area contributed by atoms with E-state index in [9.17, 15) is 0 Å². The first-order chi connectivity index (χ1) is 16.0. The molecule has 0 aliphatic heterocycles. The van der Waals surface area contributed by atoms with Crippen molar-refractivity contribution in [2.75, 3.05) is 10.6 Å². The van der Waals surface area contributed by atoms with Gasteiger partial charge in [-0.1, -0.05) is 65.9 Å². The van der Waals surface area contributed by atoms with E-state index in [1.165, 1.54) is 15.3 Å². The van der Waals surface area contributed by atoms with Crippen molar-refractivity contribution in [1.29, 1.82) is 0 Å². The number of nitrogens with zero attached hydrogens (tertiary/aromatic N) is 2. The molecule has 5 rings (SSSR count). The minimum atomic E-state index is 0.897. The van der Waals surface area contributed by atoms with Gasteiger partial charge in [-0.2, -0.15) is 0 Å². The molecule has 0 saturated heterocycles. The van der Waals surface area contributed by atoms with Crippen LogP contribution in [0, 0.1) is 20.8 Å². The summed E-state index contributed by atoms with van der Waals surface area (Å²) in [4.78, 5) is 11.8. The quantitative estimate of drug-likeness (QED) is 0.263. The minimum Gasteiger partial charge on any atom is -0.332 e. The van der Waals surface area contributed by atoms with Crippen LogP contribution in [-0.2, 0) is 0 Å². The van der Waals surface area contributed by atoms with Crippen LogP contribution in [0.15, 0.2) is 78.9 Å². The molecule has 0 atom stereocenters. The summed E-state index contributed by atoms with van der Waals surface area (Å²) in [6, 6.07) is 27.3. The summed E-state index contributed by atoms with van der Waals surface area (Å²) in [5.41, 5.74) is 7.65. The zero-order chi connectivity index (χ0) is 22.8. The van der Waals surface area contributed by atoms with E-state index in [0.717, 1.165) is 44.2 Å². The number of thiazole rings is 2. The molecular formula is C27H24N4S2. The Labute approximate surface area is 202 Å². The molecule has 0 amide bonds.